The molecule has 0 bridgehead atoms. The third-order valence-corrected chi connectivity index (χ3v) is 4.10. The Morgan fingerprint density at radius 3 is 2.27 bits per heavy atom. The van der Waals surface area contributed by atoms with Gasteiger partial charge in [-0.3, -0.25) is 0 Å². The summed E-state index contributed by atoms with van der Waals surface area (Å²) in [5.74, 6) is 1.56. The Morgan fingerprint density at radius 2 is 1.80 bits per heavy atom. The molecule has 0 amide bonds. The lowest BCUT2D eigenvalue weighted by Crippen LogP contribution is -2.09. The number of hydrogen-bond acceptors (Lipinski definition) is 0. The fourth-order valence-corrected chi connectivity index (χ4v) is 2.67. The smallest absolute Gasteiger partial charge is 0.0130 e. The Labute approximate surface area is 115 Å². The average molecular weight is 381 g/mol. The first-order valence-corrected chi connectivity index (χ1v) is 7.62. The molecule has 1 aromatic rings. The Morgan fingerprint density at radius 1 is 1.20 bits per heavy atom. The van der Waals surface area contributed by atoms with Crippen molar-refractivity contribution in [3.63, 3.8) is 0 Å². The molecule has 0 spiro atoms. The fourth-order valence-electron chi connectivity index (χ4n) is 1.82. The summed E-state index contributed by atoms with van der Waals surface area (Å²) in [4.78, 5) is 0. The first-order chi connectivity index (χ1) is 7.11. The van der Waals surface area contributed by atoms with E-state index in [4.69, 9.17) is 0 Å². The van der Waals surface area contributed by atoms with Crippen LogP contribution >= 0.6 is 38.5 Å². The van der Waals surface area contributed by atoms with Gasteiger partial charge < -0.3 is 0 Å². The summed E-state index contributed by atoms with van der Waals surface area (Å²) < 4.78 is 1.32. The van der Waals surface area contributed by atoms with Crippen LogP contribution in [0.5, 0.6) is 0 Å². The van der Waals surface area contributed by atoms with Crippen LogP contribution in [0.1, 0.15) is 25.8 Å². The Balaban J connectivity index is 2.54. The van der Waals surface area contributed by atoms with Gasteiger partial charge >= 0.3 is 0 Å². The molecule has 0 radical (unpaired) electrons. The Hall–Kier alpha value is 0.430. The number of rotatable bonds is 5. The van der Waals surface area contributed by atoms with Crippen molar-refractivity contribution in [2.45, 2.75) is 26.7 Å². The average Bonchev–Trinajstić information content (AvgIpc) is 2.19. The Kier molecular flexibility index (Phi) is 6.20. The van der Waals surface area contributed by atoms with Crippen LogP contribution in [-0.2, 0) is 6.42 Å². The summed E-state index contributed by atoms with van der Waals surface area (Å²) in [5.41, 5.74) is 1.46. The van der Waals surface area contributed by atoms with Crippen LogP contribution < -0.4 is 0 Å². The van der Waals surface area contributed by atoms with E-state index in [0.29, 0.717) is 0 Å². The van der Waals surface area contributed by atoms with Crippen LogP contribution in [0.4, 0.5) is 0 Å². The minimum Gasteiger partial charge on any atom is -0.0925 e. The third kappa shape index (κ3) is 5.34. The van der Waals surface area contributed by atoms with Crippen molar-refractivity contribution >= 4 is 38.5 Å². The maximum absolute atomic E-state index is 3.61. The van der Waals surface area contributed by atoms with E-state index in [9.17, 15) is 0 Å². The van der Waals surface area contributed by atoms with Crippen LogP contribution in [0.15, 0.2) is 24.3 Å². The molecule has 0 heterocycles. The number of alkyl halides is 1. The van der Waals surface area contributed by atoms with E-state index in [0.717, 1.165) is 17.2 Å². The summed E-state index contributed by atoms with van der Waals surface area (Å²) in [5, 5.41) is 1.11. The van der Waals surface area contributed by atoms with Gasteiger partial charge in [0.15, 0.2) is 0 Å². The van der Waals surface area contributed by atoms with Crippen LogP contribution in [0, 0.1) is 15.4 Å². The molecule has 1 rings (SSSR count). The molecule has 0 aliphatic carbocycles. The summed E-state index contributed by atoms with van der Waals surface area (Å²) in [6.45, 7) is 4.59. The second-order valence-corrected chi connectivity index (χ2v) is 6.37. The van der Waals surface area contributed by atoms with E-state index in [1.54, 1.807) is 0 Å². The topological polar surface area (TPSA) is 0 Å². The van der Waals surface area contributed by atoms with Gasteiger partial charge in [-0.1, -0.05) is 41.9 Å². The van der Waals surface area contributed by atoms with E-state index in [2.05, 4.69) is 76.6 Å². The summed E-state index contributed by atoms with van der Waals surface area (Å²) >= 11 is 5.96. The largest absolute Gasteiger partial charge is 0.0925 e. The highest BCUT2D eigenvalue weighted by molar-refractivity contribution is 14.1. The van der Waals surface area contributed by atoms with Crippen molar-refractivity contribution in [3.05, 3.63) is 33.4 Å². The molecule has 0 aliphatic heterocycles. The molecular formula is C13H18BrI. The lowest BCUT2D eigenvalue weighted by atomic mass is 9.93. The SMILES string of the molecule is CC(C)CC(CBr)Cc1ccc(I)cc1. The van der Waals surface area contributed by atoms with Crippen molar-refractivity contribution in [1.82, 2.24) is 0 Å². The van der Waals surface area contributed by atoms with Crippen LogP contribution in [0.2, 0.25) is 0 Å². The van der Waals surface area contributed by atoms with Gasteiger partial charge in [-0.05, 0) is 65.0 Å². The molecule has 2 heteroatoms. The maximum atomic E-state index is 3.61. The van der Waals surface area contributed by atoms with Gasteiger partial charge in [0.1, 0.15) is 0 Å². The zero-order valence-electron chi connectivity index (χ0n) is 9.34. The summed E-state index contributed by atoms with van der Waals surface area (Å²) in [6.07, 6.45) is 2.50. The first-order valence-electron chi connectivity index (χ1n) is 5.42. The molecule has 84 valence electrons. The molecule has 1 unspecified atom stereocenters. The van der Waals surface area contributed by atoms with Crippen molar-refractivity contribution in [2.24, 2.45) is 11.8 Å². The molecule has 0 aliphatic rings. The Bertz CT molecular complexity index is 279. The molecular weight excluding hydrogens is 363 g/mol. The highest BCUT2D eigenvalue weighted by Gasteiger charge is 2.10. The van der Waals surface area contributed by atoms with E-state index >= 15 is 0 Å². The minimum absolute atomic E-state index is 0.769. The lowest BCUT2D eigenvalue weighted by molar-refractivity contribution is 0.445. The monoisotopic (exact) mass is 380 g/mol. The van der Waals surface area contributed by atoms with Gasteiger partial charge in [0.2, 0.25) is 0 Å². The summed E-state index contributed by atoms with van der Waals surface area (Å²) in [6, 6.07) is 8.88. The molecule has 0 aromatic heterocycles. The second kappa shape index (κ2) is 6.89. The van der Waals surface area contributed by atoms with Crippen LogP contribution in [0.3, 0.4) is 0 Å². The standard InChI is InChI=1S/C13H18BrI/c1-10(2)7-12(9-14)8-11-3-5-13(15)6-4-11/h3-6,10,12H,7-9H2,1-2H3. The van der Waals surface area contributed by atoms with E-state index in [1.807, 2.05) is 0 Å². The third-order valence-electron chi connectivity index (χ3n) is 2.46. The van der Waals surface area contributed by atoms with Crippen molar-refractivity contribution in [1.29, 1.82) is 0 Å². The lowest BCUT2D eigenvalue weighted by Gasteiger charge is -2.16. The minimum atomic E-state index is 0.769. The number of hydrogen-bond donors (Lipinski definition) is 0. The van der Waals surface area contributed by atoms with Crippen LogP contribution in [0.25, 0.3) is 0 Å². The van der Waals surface area contributed by atoms with Gasteiger partial charge in [-0.15, -0.1) is 0 Å². The highest BCUT2D eigenvalue weighted by Crippen LogP contribution is 2.19. The quantitative estimate of drug-likeness (QED) is 0.503. The molecule has 0 N–H and O–H groups in total. The molecule has 15 heavy (non-hydrogen) atoms. The van der Waals surface area contributed by atoms with E-state index < -0.39 is 0 Å². The first kappa shape index (κ1) is 13.5. The molecule has 0 saturated heterocycles. The van der Waals surface area contributed by atoms with Crippen molar-refractivity contribution in [2.75, 3.05) is 5.33 Å². The predicted octanol–water partition coefficient (Wildman–Crippen LogP) is 4.89. The van der Waals surface area contributed by atoms with E-state index in [1.165, 1.54) is 22.0 Å². The van der Waals surface area contributed by atoms with Gasteiger partial charge in [0.25, 0.3) is 0 Å². The van der Waals surface area contributed by atoms with Gasteiger partial charge in [0, 0.05) is 8.90 Å². The molecule has 1 atom stereocenters. The predicted molar refractivity (Wildman–Crippen MR) is 79.6 cm³/mol. The molecule has 0 fully saturated rings. The van der Waals surface area contributed by atoms with E-state index in [-0.39, 0.29) is 0 Å². The maximum Gasteiger partial charge on any atom is 0.0130 e. The fraction of sp³-hybridized carbons (Fsp3) is 0.538. The summed E-state index contributed by atoms with van der Waals surface area (Å²) in [7, 11) is 0. The zero-order valence-corrected chi connectivity index (χ0v) is 13.1. The molecule has 0 saturated carbocycles. The zero-order chi connectivity index (χ0) is 11.3. The second-order valence-electron chi connectivity index (χ2n) is 4.48. The highest BCUT2D eigenvalue weighted by atomic mass is 127. The van der Waals surface area contributed by atoms with Crippen LogP contribution in [-0.4, -0.2) is 5.33 Å². The normalized spacial score (nSPS) is 13.1. The molecule has 1 aromatic carbocycles. The van der Waals surface area contributed by atoms with Crippen molar-refractivity contribution in [3.8, 4) is 0 Å². The molecule has 0 nitrogen and oxygen atoms in total. The van der Waals surface area contributed by atoms with Gasteiger partial charge in [-0.2, -0.15) is 0 Å². The number of benzene rings is 1. The number of halogens is 2. The van der Waals surface area contributed by atoms with Gasteiger partial charge in [0.05, 0.1) is 0 Å². The van der Waals surface area contributed by atoms with Crippen molar-refractivity contribution < 1.29 is 0 Å². The van der Waals surface area contributed by atoms with Gasteiger partial charge in [-0.25, -0.2) is 0 Å².